The van der Waals surface area contributed by atoms with E-state index in [1.165, 1.54) is 93.8 Å². The van der Waals surface area contributed by atoms with Crippen LogP contribution in [0.15, 0.2) is 24.3 Å². The first kappa shape index (κ1) is 24.1. The summed E-state index contributed by atoms with van der Waals surface area (Å²) in [6, 6.07) is 8.35. The summed E-state index contributed by atoms with van der Waals surface area (Å²) in [5, 5.41) is 0. The van der Waals surface area contributed by atoms with Crippen LogP contribution in [0, 0.1) is 6.92 Å². The molecule has 3 heteroatoms. The first-order valence-corrected chi connectivity index (χ1v) is 12.0. The zero-order valence-electron chi connectivity index (χ0n) is 17.6. The third kappa shape index (κ3) is 14.7. The largest absolute Gasteiger partial charge is 0.391 e. The van der Waals surface area contributed by atoms with Crippen LogP contribution < -0.4 is 0 Å². The van der Waals surface area contributed by atoms with Gasteiger partial charge in [0.15, 0.2) is 0 Å². The smallest absolute Gasteiger partial charge is 0.317 e. The Morgan fingerprint density at radius 1 is 0.778 bits per heavy atom. The molecule has 27 heavy (non-hydrogen) atoms. The number of carbonyl (C=O) groups excluding carboxylic acids is 1. The average molecular weight is 393 g/mol. The molecule has 0 saturated carbocycles. The highest BCUT2D eigenvalue weighted by atomic mass is 32.2. The topological polar surface area (TPSA) is 26.3 Å². The Labute approximate surface area is 172 Å². The summed E-state index contributed by atoms with van der Waals surface area (Å²) in [5.41, 5.74) is 2.45. The lowest BCUT2D eigenvalue weighted by molar-refractivity contribution is -0.133. The first-order valence-electron chi connectivity index (χ1n) is 11.1. The third-order valence-electron chi connectivity index (χ3n) is 4.98. The Morgan fingerprint density at radius 3 is 1.78 bits per heavy atom. The van der Waals surface area contributed by atoms with Crippen LogP contribution in [-0.2, 0) is 14.7 Å². The lowest BCUT2D eigenvalue weighted by Gasteiger charge is -2.04. The molecule has 2 nitrogen and oxygen atoms in total. The van der Waals surface area contributed by atoms with Crippen LogP contribution in [0.25, 0.3) is 0 Å². The number of carbonyl (C=O) groups is 1. The third-order valence-corrected chi connectivity index (χ3v) is 5.74. The molecule has 0 aliphatic rings. The maximum absolute atomic E-state index is 11.7. The predicted molar refractivity (Wildman–Crippen MR) is 119 cm³/mol. The van der Waals surface area contributed by atoms with Crippen molar-refractivity contribution in [3.63, 3.8) is 0 Å². The summed E-state index contributed by atoms with van der Waals surface area (Å²) < 4.78 is 5.26. The summed E-state index contributed by atoms with van der Waals surface area (Å²) in [6.45, 7) is 4.35. The molecular weight excluding hydrogens is 352 g/mol. The Hall–Kier alpha value is -0.960. The molecule has 0 heterocycles. The second-order valence-corrected chi connectivity index (χ2v) is 8.39. The van der Waals surface area contributed by atoms with Crippen molar-refractivity contribution < 1.29 is 8.98 Å². The molecule has 0 unspecified atom stereocenters. The van der Waals surface area contributed by atoms with Crippen LogP contribution in [0.4, 0.5) is 0 Å². The van der Waals surface area contributed by atoms with Crippen molar-refractivity contribution in [2.75, 3.05) is 0 Å². The maximum Gasteiger partial charge on any atom is 0.317 e. The van der Waals surface area contributed by atoms with Gasteiger partial charge in [0.2, 0.25) is 0 Å². The number of aryl methyl sites for hydroxylation is 1. The Bertz CT molecular complexity index is 470. The van der Waals surface area contributed by atoms with Crippen molar-refractivity contribution in [2.24, 2.45) is 0 Å². The highest BCUT2D eigenvalue weighted by molar-refractivity contribution is 7.94. The van der Waals surface area contributed by atoms with Crippen molar-refractivity contribution in [1.29, 1.82) is 0 Å². The molecule has 1 aromatic rings. The molecule has 1 aromatic carbocycles. The van der Waals surface area contributed by atoms with E-state index in [2.05, 4.69) is 38.1 Å². The monoisotopic (exact) mass is 392 g/mol. The van der Waals surface area contributed by atoms with Crippen LogP contribution >= 0.6 is 12.0 Å². The van der Waals surface area contributed by atoms with Gasteiger partial charge >= 0.3 is 5.97 Å². The Balaban J connectivity index is 1.82. The van der Waals surface area contributed by atoms with Gasteiger partial charge in [0, 0.05) is 6.42 Å². The van der Waals surface area contributed by atoms with Gasteiger partial charge in [-0.2, -0.15) is 0 Å². The minimum atomic E-state index is -0.0739. The van der Waals surface area contributed by atoms with E-state index >= 15 is 0 Å². The fraction of sp³-hybridized carbons (Fsp3) is 0.708. The summed E-state index contributed by atoms with van der Waals surface area (Å²) in [7, 11) is 0. The predicted octanol–water partition coefficient (Wildman–Crippen LogP) is 8.17. The van der Waals surface area contributed by atoms with Crippen molar-refractivity contribution in [1.82, 2.24) is 0 Å². The molecule has 0 aromatic heterocycles. The molecule has 0 fully saturated rings. The lowest BCUT2D eigenvalue weighted by Crippen LogP contribution is -1.99. The standard InChI is InChI=1S/C24H40O2S/c1-3-4-5-6-7-8-9-10-11-12-13-14-15-16-24(25)26-27-21-23-19-17-22(2)18-20-23/h17-20H,3-16,21H2,1-2H3. The van der Waals surface area contributed by atoms with E-state index in [0.29, 0.717) is 6.42 Å². The zero-order chi connectivity index (χ0) is 19.6. The highest BCUT2D eigenvalue weighted by Crippen LogP contribution is 2.16. The van der Waals surface area contributed by atoms with Crippen LogP contribution in [-0.4, -0.2) is 5.97 Å². The van der Waals surface area contributed by atoms with E-state index in [1.807, 2.05) is 0 Å². The summed E-state index contributed by atoms with van der Waals surface area (Å²) >= 11 is 1.26. The average Bonchev–Trinajstić information content (AvgIpc) is 2.67. The molecular formula is C24H40O2S. The second kappa shape index (κ2) is 17.2. The van der Waals surface area contributed by atoms with E-state index in [1.54, 1.807) is 0 Å². The molecule has 0 atom stereocenters. The summed E-state index contributed by atoms with van der Waals surface area (Å²) in [6.07, 6.45) is 17.8. The van der Waals surface area contributed by atoms with Crippen LogP contribution in [0.5, 0.6) is 0 Å². The van der Waals surface area contributed by atoms with Gasteiger partial charge in [0.05, 0.1) is 17.8 Å². The van der Waals surface area contributed by atoms with E-state index in [9.17, 15) is 4.79 Å². The number of hydrogen-bond donors (Lipinski definition) is 0. The number of unbranched alkanes of at least 4 members (excludes halogenated alkanes) is 12. The minimum Gasteiger partial charge on any atom is -0.391 e. The first-order chi connectivity index (χ1) is 13.2. The molecule has 0 aliphatic carbocycles. The molecule has 0 spiro atoms. The van der Waals surface area contributed by atoms with Crippen LogP contribution in [0.1, 0.15) is 108 Å². The van der Waals surface area contributed by atoms with Gasteiger partial charge in [0.25, 0.3) is 0 Å². The Kier molecular flexibility index (Phi) is 15.3. The molecule has 0 N–H and O–H groups in total. The quantitative estimate of drug-likeness (QED) is 0.197. The SMILES string of the molecule is CCCCCCCCCCCCCCCC(=O)OSCc1ccc(C)cc1. The van der Waals surface area contributed by atoms with Gasteiger partial charge < -0.3 is 4.18 Å². The van der Waals surface area contributed by atoms with Gasteiger partial charge in [-0.3, -0.25) is 4.79 Å². The lowest BCUT2D eigenvalue weighted by atomic mass is 10.0. The van der Waals surface area contributed by atoms with Crippen LogP contribution in [0.3, 0.4) is 0 Å². The number of benzene rings is 1. The van der Waals surface area contributed by atoms with E-state index in [0.717, 1.165) is 18.6 Å². The minimum absolute atomic E-state index is 0.0739. The molecule has 1 rings (SSSR count). The number of rotatable bonds is 17. The fourth-order valence-corrected chi connectivity index (χ4v) is 3.78. The molecule has 0 amide bonds. The Morgan fingerprint density at radius 2 is 1.26 bits per heavy atom. The highest BCUT2D eigenvalue weighted by Gasteiger charge is 2.04. The fourth-order valence-electron chi connectivity index (χ4n) is 3.18. The molecule has 0 bridgehead atoms. The molecule has 0 radical (unpaired) electrons. The molecule has 0 aliphatic heterocycles. The van der Waals surface area contributed by atoms with Gasteiger partial charge in [-0.05, 0) is 18.9 Å². The van der Waals surface area contributed by atoms with Gasteiger partial charge in [-0.15, -0.1) is 0 Å². The molecule has 0 saturated heterocycles. The zero-order valence-corrected chi connectivity index (χ0v) is 18.5. The van der Waals surface area contributed by atoms with Gasteiger partial charge in [0.1, 0.15) is 0 Å². The van der Waals surface area contributed by atoms with Crippen molar-refractivity contribution in [2.45, 2.75) is 109 Å². The van der Waals surface area contributed by atoms with Crippen molar-refractivity contribution >= 4 is 18.0 Å². The van der Waals surface area contributed by atoms with E-state index in [-0.39, 0.29) is 5.97 Å². The van der Waals surface area contributed by atoms with Gasteiger partial charge in [-0.1, -0.05) is 114 Å². The number of hydrogen-bond acceptors (Lipinski definition) is 3. The van der Waals surface area contributed by atoms with E-state index in [4.69, 9.17) is 4.18 Å². The van der Waals surface area contributed by atoms with Gasteiger partial charge in [-0.25, -0.2) is 0 Å². The molecule has 154 valence electrons. The maximum atomic E-state index is 11.7. The van der Waals surface area contributed by atoms with E-state index < -0.39 is 0 Å². The van der Waals surface area contributed by atoms with Crippen molar-refractivity contribution in [3.05, 3.63) is 35.4 Å². The summed E-state index contributed by atoms with van der Waals surface area (Å²) in [5.74, 6) is 0.653. The van der Waals surface area contributed by atoms with Crippen LogP contribution in [0.2, 0.25) is 0 Å². The normalized spacial score (nSPS) is 10.9. The second-order valence-electron chi connectivity index (χ2n) is 7.70. The summed E-state index contributed by atoms with van der Waals surface area (Å²) in [4.78, 5) is 11.7. The van der Waals surface area contributed by atoms with Crippen molar-refractivity contribution in [3.8, 4) is 0 Å².